The van der Waals surface area contributed by atoms with Crippen LogP contribution >= 0.6 is 0 Å². The molecule has 0 aliphatic carbocycles. The van der Waals surface area contributed by atoms with E-state index in [-0.39, 0.29) is 11.8 Å². The van der Waals surface area contributed by atoms with Crippen LogP contribution in [0.2, 0.25) is 0 Å². The molecule has 0 spiro atoms. The Balaban J connectivity index is 2.61. The minimum atomic E-state index is -0.371. The summed E-state index contributed by atoms with van der Waals surface area (Å²) in [6.07, 6.45) is 0. The maximum atomic E-state index is 11.5. The van der Waals surface area contributed by atoms with Crippen molar-refractivity contribution in [1.82, 2.24) is 0 Å². The highest BCUT2D eigenvalue weighted by Crippen LogP contribution is 2.24. The van der Waals surface area contributed by atoms with Crippen LogP contribution in [0, 0.1) is 0 Å². The molecule has 0 N–H and O–H groups in total. The van der Waals surface area contributed by atoms with E-state index in [0.29, 0.717) is 11.3 Å². The minimum absolute atomic E-state index is 0.00410. The molecule has 3 heteroatoms. The number of fused-ring (bicyclic) bond motifs is 1. The molecule has 0 radical (unpaired) electrons. The Morgan fingerprint density at radius 3 is 2.47 bits per heavy atom. The summed E-state index contributed by atoms with van der Waals surface area (Å²) in [5, 5.41) is 1.76. The topological polar surface area (TPSA) is 43.4 Å². The number of carbonyl (C=O) groups excluding carboxylic acids is 2. The molecule has 0 aliphatic rings. The van der Waals surface area contributed by atoms with Crippen molar-refractivity contribution >= 4 is 22.5 Å². The first-order valence-corrected chi connectivity index (χ1v) is 5.30. The summed E-state index contributed by atoms with van der Waals surface area (Å²) in [6.45, 7) is 2.87. The summed E-state index contributed by atoms with van der Waals surface area (Å²) in [4.78, 5) is 22.4. The Kier molecular flexibility index (Phi) is 2.91. The van der Waals surface area contributed by atoms with Crippen molar-refractivity contribution in [2.24, 2.45) is 0 Å². The van der Waals surface area contributed by atoms with Gasteiger partial charge in [0, 0.05) is 12.5 Å². The van der Waals surface area contributed by atoms with E-state index in [1.807, 2.05) is 18.2 Å². The van der Waals surface area contributed by atoms with Crippen LogP contribution in [0.4, 0.5) is 0 Å². The second-order valence-electron chi connectivity index (χ2n) is 3.84. The van der Waals surface area contributed by atoms with Crippen molar-refractivity contribution in [2.75, 3.05) is 0 Å². The molecule has 2 aromatic carbocycles. The Hall–Kier alpha value is -2.16. The Morgan fingerprint density at radius 2 is 1.82 bits per heavy atom. The van der Waals surface area contributed by atoms with E-state index in [1.54, 1.807) is 18.2 Å². The van der Waals surface area contributed by atoms with Crippen molar-refractivity contribution in [1.29, 1.82) is 0 Å². The van der Waals surface area contributed by atoms with Gasteiger partial charge in [0.05, 0.1) is 0 Å². The van der Waals surface area contributed by atoms with Crippen LogP contribution in [-0.4, -0.2) is 11.8 Å². The molecule has 0 aromatic heterocycles. The van der Waals surface area contributed by atoms with E-state index in [4.69, 9.17) is 4.74 Å². The predicted molar refractivity (Wildman–Crippen MR) is 65.3 cm³/mol. The van der Waals surface area contributed by atoms with Crippen LogP contribution in [0.15, 0.2) is 36.4 Å². The smallest absolute Gasteiger partial charge is 0.308 e. The van der Waals surface area contributed by atoms with E-state index in [0.717, 1.165) is 10.8 Å². The van der Waals surface area contributed by atoms with Crippen molar-refractivity contribution in [2.45, 2.75) is 13.8 Å². The fraction of sp³-hybridized carbons (Fsp3) is 0.143. The van der Waals surface area contributed by atoms with Crippen LogP contribution in [0.3, 0.4) is 0 Å². The fourth-order valence-electron chi connectivity index (χ4n) is 1.79. The number of rotatable bonds is 2. The molecule has 17 heavy (non-hydrogen) atoms. The highest BCUT2D eigenvalue weighted by molar-refractivity contribution is 6.07. The summed E-state index contributed by atoms with van der Waals surface area (Å²) < 4.78 is 5.01. The average molecular weight is 228 g/mol. The Labute approximate surface area is 99.0 Å². The van der Waals surface area contributed by atoms with Crippen molar-refractivity contribution in [3.63, 3.8) is 0 Å². The van der Waals surface area contributed by atoms with Crippen molar-refractivity contribution in [3.05, 3.63) is 42.0 Å². The van der Waals surface area contributed by atoms with Gasteiger partial charge in [0.2, 0.25) is 0 Å². The second-order valence-corrected chi connectivity index (χ2v) is 3.84. The number of benzene rings is 2. The zero-order chi connectivity index (χ0) is 12.4. The lowest BCUT2D eigenvalue weighted by Crippen LogP contribution is -2.01. The first-order chi connectivity index (χ1) is 8.08. The highest BCUT2D eigenvalue weighted by Gasteiger charge is 2.07. The highest BCUT2D eigenvalue weighted by atomic mass is 16.5. The number of ether oxygens (including phenoxy) is 1. The van der Waals surface area contributed by atoms with Crippen LogP contribution in [0.5, 0.6) is 5.75 Å². The van der Waals surface area contributed by atoms with Gasteiger partial charge in [0.25, 0.3) is 0 Å². The van der Waals surface area contributed by atoms with Crippen molar-refractivity contribution in [3.8, 4) is 5.75 Å². The molecule has 2 rings (SSSR count). The number of hydrogen-bond donors (Lipinski definition) is 0. The van der Waals surface area contributed by atoms with Crippen LogP contribution in [-0.2, 0) is 4.79 Å². The summed E-state index contributed by atoms with van der Waals surface area (Å²) in [5.41, 5.74) is 0.636. The molecule has 86 valence electrons. The zero-order valence-electron chi connectivity index (χ0n) is 9.69. The van der Waals surface area contributed by atoms with Gasteiger partial charge in [0.15, 0.2) is 5.78 Å². The molecule has 0 unspecified atom stereocenters. The number of esters is 1. The number of hydrogen-bond acceptors (Lipinski definition) is 3. The predicted octanol–water partition coefficient (Wildman–Crippen LogP) is 2.97. The van der Waals surface area contributed by atoms with Gasteiger partial charge in [-0.3, -0.25) is 9.59 Å². The molecular formula is C14H12O3. The van der Waals surface area contributed by atoms with E-state index >= 15 is 0 Å². The van der Waals surface area contributed by atoms with E-state index in [2.05, 4.69) is 0 Å². The maximum Gasteiger partial charge on any atom is 0.308 e. The Morgan fingerprint density at radius 1 is 1.06 bits per heavy atom. The maximum absolute atomic E-state index is 11.5. The number of ketones is 1. The van der Waals surface area contributed by atoms with Gasteiger partial charge in [-0.2, -0.15) is 0 Å². The summed E-state index contributed by atoms with van der Waals surface area (Å²) in [5.74, 6) is 0.0823. The molecule has 0 fully saturated rings. The molecule has 0 heterocycles. The standard InChI is InChI=1S/C14H12O3/c1-9(15)13-5-3-4-11-6-7-12(8-14(11)13)17-10(2)16/h3-8H,1-2H3. The monoisotopic (exact) mass is 228 g/mol. The van der Waals surface area contributed by atoms with Gasteiger partial charge < -0.3 is 4.74 Å². The largest absolute Gasteiger partial charge is 0.427 e. The lowest BCUT2D eigenvalue weighted by Gasteiger charge is -2.06. The first kappa shape index (κ1) is 11.3. The summed E-state index contributed by atoms with van der Waals surface area (Å²) in [7, 11) is 0. The van der Waals surface area contributed by atoms with E-state index in [9.17, 15) is 9.59 Å². The SMILES string of the molecule is CC(=O)Oc1ccc2cccc(C(C)=O)c2c1. The Bertz CT molecular complexity index is 599. The van der Waals surface area contributed by atoms with Crippen LogP contribution in [0.25, 0.3) is 10.8 Å². The lowest BCUT2D eigenvalue weighted by atomic mass is 10.0. The van der Waals surface area contributed by atoms with Gasteiger partial charge in [-0.1, -0.05) is 24.3 Å². The van der Waals surface area contributed by atoms with Crippen LogP contribution in [0.1, 0.15) is 24.2 Å². The third-order valence-electron chi connectivity index (χ3n) is 2.49. The van der Waals surface area contributed by atoms with Gasteiger partial charge in [0.1, 0.15) is 5.75 Å². The molecule has 0 saturated heterocycles. The molecule has 0 bridgehead atoms. The van der Waals surface area contributed by atoms with Crippen molar-refractivity contribution < 1.29 is 14.3 Å². The van der Waals surface area contributed by atoms with E-state index < -0.39 is 0 Å². The molecule has 3 nitrogen and oxygen atoms in total. The summed E-state index contributed by atoms with van der Waals surface area (Å²) in [6, 6.07) is 10.8. The second kappa shape index (κ2) is 4.37. The first-order valence-electron chi connectivity index (χ1n) is 5.30. The van der Waals surface area contributed by atoms with E-state index in [1.165, 1.54) is 13.8 Å². The quantitative estimate of drug-likeness (QED) is 0.451. The third kappa shape index (κ3) is 2.33. The molecule has 0 aliphatic heterocycles. The normalized spacial score (nSPS) is 10.2. The fourth-order valence-corrected chi connectivity index (χ4v) is 1.79. The van der Waals surface area contributed by atoms with Gasteiger partial charge in [-0.25, -0.2) is 0 Å². The third-order valence-corrected chi connectivity index (χ3v) is 2.49. The molecule has 0 amide bonds. The molecule has 2 aromatic rings. The lowest BCUT2D eigenvalue weighted by molar-refractivity contribution is -0.131. The average Bonchev–Trinajstić information content (AvgIpc) is 2.27. The molecule has 0 atom stereocenters. The minimum Gasteiger partial charge on any atom is -0.427 e. The zero-order valence-corrected chi connectivity index (χ0v) is 9.69. The van der Waals surface area contributed by atoms with Crippen LogP contribution < -0.4 is 4.74 Å². The van der Waals surface area contributed by atoms with Gasteiger partial charge >= 0.3 is 5.97 Å². The van der Waals surface area contributed by atoms with Gasteiger partial charge in [-0.15, -0.1) is 0 Å². The molecular weight excluding hydrogens is 216 g/mol. The number of Topliss-reactive ketones (excluding diaryl/α,β-unsaturated/α-hetero) is 1. The summed E-state index contributed by atoms with van der Waals surface area (Å²) >= 11 is 0. The molecule has 0 saturated carbocycles. The number of carbonyl (C=O) groups is 2. The van der Waals surface area contributed by atoms with Gasteiger partial charge in [-0.05, 0) is 29.8 Å².